The van der Waals surface area contributed by atoms with Gasteiger partial charge in [0.1, 0.15) is 13.2 Å². The van der Waals surface area contributed by atoms with E-state index in [1.165, 1.54) is 231 Å². The van der Waals surface area contributed by atoms with Crippen molar-refractivity contribution in [2.24, 2.45) is 0 Å². The number of hydrogen-bond acceptors (Lipinski definition) is 6. The smallest absolute Gasteiger partial charge is 0.306 e. The third-order valence-electron chi connectivity index (χ3n) is 15.8. The fourth-order valence-electron chi connectivity index (χ4n) is 10.5. The van der Waals surface area contributed by atoms with Gasteiger partial charge < -0.3 is 14.2 Å². The van der Waals surface area contributed by atoms with Crippen molar-refractivity contribution in [2.45, 2.75) is 380 Å². The Hall–Kier alpha value is -2.89. The Labute approximate surface area is 498 Å². The Morgan fingerprint density at radius 1 is 0.263 bits per heavy atom. The first kappa shape index (κ1) is 77.1. The Bertz CT molecular complexity index is 1430. The van der Waals surface area contributed by atoms with E-state index in [0.717, 1.165) is 103 Å². The summed E-state index contributed by atoms with van der Waals surface area (Å²) in [4.78, 5) is 38.3. The second kappa shape index (κ2) is 68.6. The van der Waals surface area contributed by atoms with Gasteiger partial charge in [0.2, 0.25) is 0 Å². The van der Waals surface area contributed by atoms with Crippen molar-refractivity contribution in [3.63, 3.8) is 0 Å². The highest BCUT2D eigenvalue weighted by Crippen LogP contribution is 2.18. The van der Waals surface area contributed by atoms with Gasteiger partial charge in [-0.3, -0.25) is 14.4 Å². The molecular formula is C74H134O6. The van der Waals surface area contributed by atoms with Crippen LogP contribution in [0, 0.1) is 0 Å². The molecule has 1 unspecified atom stereocenters. The van der Waals surface area contributed by atoms with Gasteiger partial charge in [-0.2, -0.15) is 0 Å². The highest BCUT2D eigenvalue weighted by molar-refractivity contribution is 5.71. The average molecular weight is 1120 g/mol. The Morgan fingerprint density at radius 3 is 0.800 bits per heavy atom. The predicted octanol–water partition coefficient (Wildman–Crippen LogP) is 24.3. The number of carbonyl (C=O) groups is 3. The van der Waals surface area contributed by atoms with Gasteiger partial charge in [-0.1, -0.05) is 332 Å². The maximum atomic E-state index is 12.9. The molecule has 0 rings (SSSR count). The van der Waals surface area contributed by atoms with Crippen LogP contribution in [0.2, 0.25) is 0 Å². The quantitative estimate of drug-likeness (QED) is 0.0261. The first-order chi connectivity index (χ1) is 39.5. The van der Waals surface area contributed by atoms with E-state index in [1.807, 2.05) is 0 Å². The van der Waals surface area contributed by atoms with Crippen LogP contribution in [0.5, 0.6) is 0 Å². The lowest BCUT2D eigenvalue weighted by Crippen LogP contribution is -2.30. The van der Waals surface area contributed by atoms with Crippen molar-refractivity contribution in [1.29, 1.82) is 0 Å². The first-order valence-corrected chi connectivity index (χ1v) is 35.3. The molecule has 0 aliphatic rings. The molecule has 0 aromatic rings. The minimum atomic E-state index is -0.790. The van der Waals surface area contributed by atoms with Gasteiger partial charge in [0.05, 0.1) is 0 Å². The summed E-state index contributed by atoms with van der Waals surface area (Å²) in [7, 11) is 0. The second-order valence-corrected chi connectivity index (χ2v) is 23.8. The molecule has 0 fully saturated rings. The Morgan fingerprint density at radius 2 is 0.487 bits per heavy atom. The molecule has 466 valence electrons. The largest absolute Gasteiger partial charge is 0.462 e. The van der Waals surface area contributed by atoms with Crippen LogP contribution in [-0.4, -0.2) is 37.2 Å². The standard InChI is InChI=1S/C74H134O6/c1-4-7-10-13-16-19-22-25-27-29-30-31-32-33-34-35-36-37-38-39-40-41-42-43-44-46-47-49-52-55-58-61-64-67-73(76)79-70-71(69-78-72(75)66-63-60-57-54-51-24-21-18-15-12-9-6-3)80-74(77)68-65-62-59-56-53-50-48-45-28-26-23-20-17-14-11-8-5-2/h8,11,17-18,20-21,26,28,48,50,71H,4-7,9-10,12-16,19,22-25,27,29-47,49,51-70H2,1-3H3/b11-8-,20-17-,21-18-,28-26-,50-48-. The third-order valence-corrected chi connectivity index (χ3v) is 15.8. The summed E-state index contributed by atoms with van der Waals surface area (Å²) in [6.45, 7) is 6.53. The molecule has 0 saturated heterocycles. The van der Waals surface area contributed by atoms with E-state index in [-0.39, 0.29) is 31.1 Å². The minimum Gasteiger partial charge on any atom is -0.462 e. The fraction of sp³-hybridized carbons (Fsp3) is 0.824. The number of rotatable bonds is 65. The molecule has 1 atom stereocenters. The number of allylic oxidation sites excluding steroid dienone is 10. The number of ether oxygens (including phenoxy) is 3. The highest BCUT2D eigenvalue weighted by Gasteiger charge is 2.19. The van der Waals surface area contributed by atoms with Crippen LogP contribution in [0.15, 0.2) is 60.8 Å². The van der Waals surface area contributed by atoms with Gasteiger partial charge in [-0.15, -0.1) is 0 Å². The summed E-state index contributed by atoms with van der Waals surface area (Å²) in [5.74, 6) is -0.899. The average Bonchev–Trinajstić information content (AvgIpc) is 3.46. The summed E-state index contributed by atoms with van der Waals surface area (Å²) in [5.41, 5.74) is 0. The number of unbranched alkanes of at least 4 members (excludes halogenated alkanes) is 44. The van der Waals surface area contributed by atoms with Crippen molar-refractivity contribution in [3.05, 3.63) is 60.8 Å². The van der Waals surface area contributed by atoms with Crippen molar-refractivity contribution in [2.75, 3.05) is 13.2 Å². The van der Waals surface area contributed by atoms with Crippen LogP contribution in [0.1, 0.15) is 374 Å². The monoisotopic (exact) mass is 1120 g/mol. The van der Waals surface area contributed by atoms with Crippen molar-refractivity contribution in [3.8, 4) is 0 Å². The van der Waals surface area contributed by atoms with Gasteiger partial charge in [0.25, 0.3) is 0 Å². The lowest BCUT2D eigenvalue weighted by molar-refractivity contribution is -0.167. The van der Waals surface area contributed by atoms with E-state index in [0.29, 0.717) is 19.3 Å². The normalized spacial score (nSPS) is 12.4. The molecule has 0 N–H and O–H groups in total. The second-order valence-electron chi connectivity index (χ2n) is 23.8. The van der Waals surface area contributed by atoms with Gasteiger partial charge in [-0.25, -0.2) is 0 Å². The maximum absolute atomic E-state index is 12.9. The molecular weight excluding hydrogens is 985 g/mol. The Kier molecular flexibility index (Phi) is 66.1. The van der Waals surface area contributed by atoms with Crippen LogP contribution >= 0.6 is 0 Å². The zero-order valence-electron chi connectivity index (χ0n) is 53.6. The molecule has 0 bridgehead atoms. The van der Waals surface area contributed by atoms with Gasteiger partial charge >= 0.3 is 17.9 Å². The fourth-order valence-corrected chi connectivity index (χ4v) is 10.5. The molecule has 0 amide bonds. The first-order valence-electron chi connectivity index (χ1n) is 35.3. The van der Waals surface area contributed by atoms with Crippen molar-refractivity contribution >= 4 is 17.9 Å². The lowest BCUT2D eigenvalue weighted by Gasteiger charge is -2.18. The maximum Gasteiger partial charge on any atom is 0.306 e. The minimum absolute atomic E-state index is 0.0839. The zero-order valence-corrected chi connectivity index (χ0v) is 53.6. The molecule has 0 heterocycles. The van der Waals surface area contributed by atoms with Gasteiger partial charge in [0.15, 0.2) is 6.10 Å². The van der Waals surface area contributed by atoms with Gasteiger partial charge in [-0.05, 0) is 83.5 Å². The molecule has 0 aromatic heterocycles. The Balaban J connectivity index is 4.11. The summed E-state index contributed by atoms with van der Waals surface area (Å²) < 4.78 is 16.9. The molecule has 0 saturated carbocycles. The molecule has 0 aromatic carbocycles. The number of esters is 3. The zero-order chi connectivity index (χ0) is 57.8. The molecule has 0 spiro atoms. The number of hydrogen-bond donors (Lipinski definition) is 0. The van der Waals surface area contributed by atoms with E-state index in [4.69, 9.17) is 14.2 Å². The summed E-state index contributed by atoms with van der Waals surface area (Å²) in [5, 5.41) is 0. The number of carbonyl (C=O) groups excluding carboxylic acids is 3. The SMILES string of the molecule is CC/C=C\C/C=C\C/C=C\C/C=C\CCCCCCC(=O)OC(COC(=O)CCCCCCC/C=C\CCCCC)COC(=O)CCCCCCCCCCCCCCCCCCCCCCCCCCCCCCCCCCC. The topological polar surface area (TPSA) is 78.9 Å². The van der Waals surface area contributed by atoms with Gasteiger partial charge in [0, 0.05) is 19.3 Å². The van der Waals surface area contributed by atoms with Crippen LogP contribution in [-0.2, 0) is 28.6 Å². The van der Waals surface area contributed by atoms with Crippen LogP contribution in [0.4, 0.5) is 0 Å². The van der Waals surface area contributed by atoms with Crippen LogP contribution < -0.4 is 0 Å². The van der Waals surface area contributed by atoms with Crippen LogP contribution in [0.25, 0.3) is 0 Å². The third kappa shape index (κ3) is 65.9. The molecule has 0 aliphatic heterocycles. The highest BCUT2D eigenvalue weighted by atomic mass is 16.6. The molecule has 0 aliphatic carbocycles. The van der Waals surface area contributed by atoms with E-state index >= 15 is 0 Å². The molecule has 80 heavy (non-hydrogen) atoms. The van der Waals surface area contributed by atoms with Crippen molar-refractivity contribution < 1.29 is 28.6 Å². The van der Waals surface area contributed by atoms with E-state index < -0.39 is 6.10 Å². The van der Waals surface area contributed by atoms with E-state index in [9.17, 15) is 14.4 Å². The lowest BCUT2D eigenvalue weighted by atomic mass is 10.0. The van der Waals surface area contributed by atoms with E-state index in [1.54, 1.807) is 0 Å². The summed E-state index contributed by atoms with van der Waals surface area (Å²) >= 11 is 0. The predicted molar refractivity (Wildman–Crippen MR) is 348 cm³/mol. The molecule has 0 radical (unpaired) electrons. The van der Waals surface area contributed by atoms with E-state index in [2.05, 4.69) is 81.5 Å². The van der Waals surface area contributed by atoms with Crippen molar-refractivity contribution in [1.82, 2.24) is 0 Å². The molecule has 6 nitrogen and oxygen atoms in total. The molecule has 6 heteroatoms. The summed E-state index contributed by atoms with van der Waals surface area (Å²) in [6.07, 6.45) is 88.5. The van der Waals surface area contributed by atoms with Crippen LogP contribution in [0.3, 0.4) is 0 Å². The summed E-state index contributed by atoms with van der Waals surface area (Å²) in [6, 6.07) is 0.